The number of morpholine rings is 1. The predicted octanol–water partition coefficient (Wildman–Crippen LogP) is -1.64. The summed E-state index contributed by atoms with van der Waals surface area (Å²) in [6, 6.07) is 0. The van der Waals surface area contributed by atoms with Crippen LogP contribution >= 0.6 is 0 Å². The van der Waals surface area contributed by atoms with Crippen molar-refractivity contribution in [2.24, 2.45) is 0 Å². The number of ether oxygens (including phenoxy) is 3. The Kier molecular flexibility index (Phi) is 1.52. The summed E-state index contributed by atoms with van der Waals surface area (Å²) >= 11 is 0. The van der Waals surface area contributed by atoms with Crippen LogP contribution in [0.5, 0.6) is 0 Å². The Balaban J connectivity index is 2.12. The minimum absolute atomic E-state index is 0.185. The van der Waals surface area contributed by atoms with E-state index >= 15 is 0 Å². The first-order chi connectivity index (χ1) is 5.72. The first-order valence-electron chi connectivity index (χ1n) is 3.53. The number of hydrogen-bond acceptors (Lipinski definition) is 6. The standard InChI is InChI=1S/C6H7NO5/c8-4-5(9)12-6(11-4)3-7-1-2-10-6/h7H,1-3H2. The molecule has 2 rings (SSSR count). The molecular weight excluding hydrogens is 166 g/mol. The van der Waals surface area contributed by atoms with Crippen molar-refractivity contribution in [1.82, 2.24) is 5.32 Å². The van der Waals surface area contributed by atoms with E-state index < -0.39 is 17.9 Å². The minimum atomic E-state index is -1.49. The average Bonchev–Trinajstić information content (AvgIpc) is 2.29. The van der Waals surface area contributed by atoms with Crippen molar-refractivity contribution >= 4 is 11.9 Å². The molecule has 1 spiro atoms. The first kappa shape index (κ1) is 7.51. The van der Waals surface area contributed by atoms with Gasteiger partial charge >= 0.3 is 17.9 Å². The molecule has 2 fully saturated rings. The van der Waals surface area contributed by atoms with E-state index in [1.54, 1.807) is 0 Å². The van der Waals surface area contributed by atoms with Gasteiger partial charge in [0.25, 0.3) is 0 Å². The summed E-state index contributed by atoms with van der Waals surface area (Å²) < 4.78 is 14.2. The highest BCUT2D eigenvalue weighted by Gasteiger charge is 2.51. The third-order valence-corrected chi connectivity index (χ3v) is 1.61. The van der Waals surface area contributed by atoms with E-state index in [1.165, 1.54) is 0 Å². The predicted molar refractivity (Wildman–Crippen MR) is 33.7 cm³/mol. The molecule has 1 N–H and O–H groups in total. The number of esters is 2. The third-order valence-electron chi connectivity index (χ3n) is 1.61. The van der Waals surface area contributed by atoms with Crippen LogP contribution in [0.3, 0.4) is 0 Å². The molecule has 0 radical (unpaired) electrons. The third kappa shape index (κ3) is 1.05. The lowest BCUT2D eigenvalue weighted by atomic mass is 10.4. The fraction of sp³-hybridized carbons (Fsp3) is 0.667. The average molecular weight is 173 g/mol. The molecule has 0 aromatic heterocycles. The van der Waals surface area contributed by atoms with Crippen LogP contribution in [0, 0.1) is 0 Å². The van der Waals surface area contributed by atoms with Crippen molar-refractivity contribution < 1.29 is 23.8 Å². The summed E-state index contributed by atoms with van der Waals surface area (Å²) in [5, 5.41) is 2.88. The normalized spacial score (nSPS) is 27.0. The highest BCUT2D eigenvalue weighted by atomic mass is 16.9. The largest absolute Gasteiger partial charge is 0.422 e. The minimum Gasteiger partial charge on any atom is -0.388 e. The van der Waals surface area contributed by atoms with E-state index in [2.05, 4.69) is 14.8 Å². The Bertz CT molecular complexity index is 214. The molecule has 2 heterocycles. The lowest BCUT2D eigenvalue weighted by Gasteiger charge is -2.28. The summed E-state index contributed by atoms with van der Waals surface area (Å²) in [4.78, 5) is 21.3. The molecule has 6 heteroatoms. The summed E-state index contributed by atoms with van der Waals surface area (Å²) in [5.41, 5.74) is 0. The van der Waals surface area contributed by atoms with Gasteiger partial charge in [0.05, 0.1) is 6.61 Å². The van der Waals surface area contributed by atoms with Gasteiger partial charge in [0, 0.05) is 6.54 Å². The zero-order chi connectivity index (χ0) is 8.60. The van der Waals surface area contributed by atoms with E-state index in [1.807, 2.05) is 0 Å². The Labute approximate surface area is 67.8 Å². The van der Waals surface area contributed by atoms with Gasteiger partial charge in [0.2, 0.25) is 0 Å². The number of carbonyl (C=O) groups is 2. The second-order valence-electron chi connectivity index (χ2n) is 2.49. The van der Waals surface area contributed by atoms with Gasteiger partial charge in [0.15, 0.2) is 0 Å². The monoisotopic (exact) mass is 173 g/mol. The Morgan fingerprint density at radius 3 is 2.42 bits per heavy atom. The Morgan fingerprint density at radius 2 is 1.92 bits per heavy atom. The van der Waals surface area contributed by atoms with Crippen LogP contribution in [-0.4, -0.2) is 37.6 Å². The Morgan fingerprint density at radius 1 is 1.25 bits per heavy atom. The van der Waals surface area contributed by atoms with Crippen molar-refractivity contribution in [3.05, 3.63) is 0 Å². The molecule has 0 amide bonds. The fourth-order valence-electron chi connectivity index (χ4n) is 1.09. The van der Waals surface area contributed by atoms with Crippen LogP contribution in [0.1, 0.15) is 0 Å². The molecule has 0 unspecified atom stereocenters. The van der Waals surface area contributed by atoms with Crippen molar-refractivity contribution in [1.29, 1.82) is 0 Å². The summed E-state index contributed by atoms with van der Waals surface area (Å²) in [6.07, 6.45) is 0. The number of nitrogens with one attached hydrogen (secondary N) is 1. The maximum absolute atomic E-state index is 10.6. The second-order valence-corrected chi connectivity index (χ2v) is 2.49. The smallest absolute Gasteiger partial charge is 0.388 e. The fourth-order valence-corrected chi connectivity index (χ4v) is 1.09. The molecule has 0 aromatic rings. The summed E-state index contributed by atoms with van der Waals surface area (Å²) in [6.45, 7) is 1.18. The van der Waals surface area contributed by atoms with Crippen LogP contribution < -0.4 is 5.32 Å². The van der Waals surface area contributed by atoms with Crippen molar-refractivity contribution in [2.75, 3.05) is 19.7 Å². The molecule has 6 nitrogen and oxygen atoms in total. The van der Waals surface area contributed by atoms with Crippen LogP contribution in [0.15, 0.2) is 0 Å². The maximum atomic E-state index is 10.6. The highest BCUT2D eigenvalue weighted by Crippen LogP contribution is 2.23. The molecule has 2 saturated heterocycles. The number of rotatable bonds is 0. The van der Waals surface area contributed by atoms with Gasteiger partial charge in [-0.2, -0.15) is 0 Å². The van der Waals surface area contributed by atoms with Crippen molar-refractivity contribution in [2.45, 2.75) is 5.97 Å². The van der Waals surface area contributed by atoms with Gasteiger partial charge in [-0.1, -0.05) is 0 Å². The number of hydrogen-bond donors (Lipinski definition) is 1. The summed E-state index contributed by atoms with van der Waals surface area (Å²) in [5.74, 6) is -3.50. The zero-order valence-electron chi connectivity index (χ0n) is 6.16. The van der Waals surface area contributed by atoms with Crippen LogP contribution in [-0.2, 0) is 23.8 Å². The SMILES string of the molecule is O=C1OC2(CNCCO2)OC1=O. The molecule has 12 heavy (non-hydrogen) atoms. The van der Waals surface area contributed by atoms with Crippen LogP contribution in [0.4, 0.5) is 0 Å². The molecule has 0 saturated carbocycles. The van der Waals surface area contributed by atoms with E-state index in [0.717, 1.165) is 0 Å². The second kappa shape index (κ2) is 2.43. The van der Waals surface area contributed by atoms with Crippen molar-refractivity contribution in [3.63, 3.8) is 0 Å². The zero-order valence-corrected chi connectivity index (χ0v) is 6.16. The molecule has 66 valence electrons. The summed E-state index contributed by atoms with van der Waals surface area (Å²) in [7, 11) is 0. The van der Waals surface area contributed by atoms with Gasteiger partial charge in [-0.3, -0.25) is 0 Å². The van der Waals surface area contributed by atoms with E-state index in [0.29, 0.717) is 13.2 Å². The highest BCUT2D eigenvalue weighted by molar-refractivity contribution is 6.31. The quantitative estimate of drug-likeness (QED) is 0.350. The molecular formula is C6H7NO5. The molecule has 2 aliphatic rings. The van der Waals surface area contributed by atoms with E-state index in [4.69, 9.17) is 4.74 Å². The van der Waals surface area contributed by atoms with Gasteiger partial charge in [0.1, 0.15) is 6.54 Å². The molecule has 0 bridgehead atoms. The van der Waals surface area contributed by atoms with Crippen LogP contribution in [0.2, 0.25) is 0 Å². The van der Waals surface area contributed by atoms with Gasteiger partial charge in [-0.05, 0) is 0 Å². The van der Waals surface area contributed by atoms with E-state index in [-0.39, 0.29) is 6.54 Å². The Hall–Kier alpha value is -1.14. The lowest BCUT2D eigenvalue weighted by Crippen LogP contribution is -2.50. The number of carbonyl (C=O) groups excluding carboxylic acids is 2. The molecule has 2 aliphatic heterocycles. The van der Waals surface area contributed by atoms with Crippen LogP contribution in [0.25, 0.3) is 0 Å². The van der Waals surface area contributed by atoms with Gasteiger partial charge in [-0.25, -0.2) is 9.59 Å². The lowest BCUT2D eigenvalue weighted by molar-refractivity contribution is -0.322. The van der Waals surface area contributed by atoms with Gasteiger partial charge in [-0.15, -0.1) is 0 Å². The van der Waals surface area contributed by atoms with E-state index in [9.17, 15) is 9.59 Å². The maximum Gasteiger partial charge on any atom is 0.422 e. The molecule has 0 aliphatic carbocycles. The van der Waals surface area contributed by atoms with Crippen molar-refractivity contribution in [3.8, 4) is 0 Å². The topological polar surface area (TPSA) is 73.9 Å². The first-order valence-corrected chi connectivity index (χ1v) is 3.53. The molecule has 0 atom stereocenters. The van der Waals surface area contributed by atoms with Gasteiger partial charge < -0.3 is 19.5 Å². The molecule has 0 aromatic carbocycles.